The molecule has 0 aliphatic heterocycles. The van der Waals surface area contributed by atoms with Gasteiger partial charge in [0.15, 0.2) is 0 Å². The van der Waals surface area contributed by atoms with Crippen LogP contribution in [0.5, 0.6) is 0 Å². The van der Waals surface area contributed by atoms with Crippen LogP contribution in [0.3, 0.4) is 0 Å². The highest BCUT2D eigenvalue weighted by atomic mass is 127. The molecule has 1 unspecified atom stereocenters. The molecule has 2 N–H and O–H groups in total. The minimum atomic E-state index is 0.0581. The highest BCUT2D eigenvalue weighted by Crippen LogP contribution is 2.27. The molecule has 0 bridgehead atoms. The average molecular weight is 408 g/mol. The van der Waals surface area contributed by atoms with E-state index in [9.17, 15) is 0 Å². The summed E-state index contributed by atoms with van der Waals surface area (Å²) in [6.07, 6.45) is 0.899. The third-order valence-corrected chi connectivity index (χ3v) is 4.65. The third kappa shape index (κ3) is 3.06. The van der Waals surface area contributed by atoms with E-state index in [1.807, 2.05) is 0 Å². The molecule has 1 aromatic heterocycles. The van der Waals surface area contributed by atoms with E-state index in [-0.39, 0.29) is 6.04 Å². The van der Waals surface area contributed by atoms with Gasteiger partial charge in [0, 0.05) is 25.4 Å². The Morgan fingerprint density at radius 1 is 1.38 bits per heavy atom. The van der Waals surface area contributed by atoms with E-state index in [2.05, 4.69) is 74.2 Å². The Bertz CT molecular complexity index is 470. The van der Waals surface area contributed by atoms with Gasteiger partial charge in [-0.1, -0.05) is 22.0 Å². The van der Waals surface area contributed by atoms with Gasteiger partial charge in [-0.25, -0.2) is 0 Å². The van der Waals surface area contributed by atoms with E-state index in [1.54, 1.807) is 11.3 Å². The molecule has 1 nitrogen and oxygen atoms in total. The van der Waals surface area contributed by atoms with Crippen molar-refractivity contribution in [3.63, 3.8) is 0 Å². The molecular formula is C12H11BrINS. The fourth-order valence-electron chi connectivity index (χ4n) is 1.55. The first-order chi connectivity index (χ1) is 7.66. The van der Waals surface area contributed by atoms with Gasteiger partial charge in [-0.2, -0.15) is 0 Å². The first-order valence-corrected chi connectivity index (χ1v) is 7.65. The summed E-state index contributed by atoms with van der Waals surface area (Å²) in [5.41, 5.74) is 7.41. The lowest BCUT2D eigenvalue weighted by Gasteiger charge is -2.13. The second kappa shape index (κ2) is 5.62. The van der Waals surface area contributed by atoms with Gasteiger partial charge in [0.2, 0.25) is 0 Å². The predicted molar refractivity (Wildman–Crippen MR) is 81.8 cm³/mol. The Morgan fingerprint density at radius 2 is 2.19 bits per heavy atom. The zero-order chi connectivity index (χ0) is 11.5. The molecule has 0 fully saturated rings. The van der Waals surface area contributed by atoms with E-state index in [0.717, 1.165) is 10.9 Å². The maximum atomic E-state index is 6.23. The Morgan fingerprint density at radius 3 is 2.88 bits per heavy atom. The molecule has 1 atom stereocenters. The molecule has 1 heterocycles. The highest BCUT2D eigenvalue weighted by molar-refractivity contribution is 14.1. The van der Waals surface area contributed by atoms with Crippen LogP contribution in [0.1, 0.15) is 16.5 Å². The van der Waals surface area contributed by atoms with Crippen LogP contribution in [-0.2, 0) is 6.42 Å². The van der Waals surface area contributed by atoms with Crippen LogP contribution in [-0.4, -0.2) is 0 Å². The van der Waals surface area contributed by atoms with Crippen LogP contribution in [0, 0.1) is 3.57 Å². The first kappa shape index (κ1) is 12.5. The number of nitrogens with two attached hydrogens (primary N) is 1. The van der Waals surface area contributed by atoms with Crippen molar-refractivity contribution in [3.05, 3.63) is 54.2 Å². The standard InChI is InChI=1S/C12H11BrINS/c13-11-4-3-8(14)6-10(11)12(15)7-9-2-1-5-16-9/h1-6,12H,7,15H2. The molecule has 0 aliphatic rings. The fourth-order valence-corrected chi connectivity index (χ4v) is 3.37. The van der Waals surface area contributed by atoms with Crippen molar-refractivity contribution in [2.75, 3.05) is 0 Å². The molecule has 0 saturated heterocycles. The molecule has 0 aliphatic carbocycles. The summed E-state index contributed by atoms with van der Waals surface area (Å²) < 4.78 is 2.31. The SMILES string of the molecule is NC(Cc1cccs1)c1cc(I)ccc1Br. The maximum Gasteiger partial charge on any atom is 0.0355 e. The number of hydrogen-bond acceptors (Lipinski definition) is 2. The quantitative estimate of drug-likeness (QED) is 0.751. The van der Waals surface area contributed by atoms with E-state index >= 15 is 0 Å². The lowest BCUT2D eigenvalue weighted by molar-refractivity contribution is 0.726. The molecule has 0 saturated carbocycles. The van der Waals surface area contributed by atoms with Crippen molar-refractivity contribution >= 4 is 49.9 Å². The van der Waals surface area contributed by atoms with Crippen molar-refractivity contribution in [2.24, 2.45) is 5.73 Å². The van der Waals surface area contributed by atoms with Crippen LogP contribution in [0.2, 0.25) is 0 Å². The van der Waals surface area contributed by atoms with Gasteiger partial charge in [-0.3, -0.25) is 0 Å². The zero-order valence-corrected chi connectivity index (χ0v) is 13.1. The highest BCUT2D eigenvalue weighted by Gasteiger charge is 2.11. The Hall–Kier alpha value is 0.0900. The molecule has 0 spiro atoms. The molecule has 2 rings (SSSR count). The van der Waals surface area contributed by atoms with Crippen molar-refractivity contribution in [3.8, 4) is 0 Å². The summed E-state index contributed by atoms with van der Waals surface area (Å²) >= 11 is 7.63. The summed E-state index contributed by atoms with van der Waals surface area (Å²) in [6.45, 7) is 0. The lowest BCUT2D eigenvalue weighted by atomic mass is 10.0. The lowest BCUT2D eigenvalue weighted by Crippen LogP contribution is -2.13. The number of rotatable bonds is 3. The van der Waals surface area contributed by atoms with Gasteiger partial charge in [0.1, 0.15) is 0 Å². The topological polar surface area (TPSA) is 26.0 Å². The smallest absolute Gasteiger partial charge is 0.0355 e. The van der Waals surface area contributed by atoms with Crippen LogP contribution in [0.4, 0.5) is 0 Å². The summed E-state index contributed by atoms with van der Waals surface area (Å²) in [7, 11) is 0. The fraction of sp³-hybridized carbons (Fsp3) is 0.167. The van der Waals surface area contributed by atoms with Crippen molar-refractivity contribution in [1.29, 1.82) is 0 Å². The predicted octanol–water partition coefficient (Wildman–Crippen LogP) is 4.36. The number of benzene rings is 1. The number of thiophene rings is 1. The van der Waals surface area contributed by atoms with Gasteiger partial charge in [-0.05, 0) is 57.8 Å². The molecule has 4 heteroatoms. The molecule has 2 aromatic rings. The van der Waals surface area contributed by atoms with Gasteiger partial charge >= 0.3 is 0 Å². The van der Waals surface area contributed by atoms with Crippen molar-refractivity contribution < 1.29 is 0 Å². The minimum absolute atomic E-state index is 0.0581. The summed E-state index contributed by atoms with van der Waals surface area (Å²) in [5.74, 6) is 0. The Labute approximate surface area is 121 Å². The normalized spacial score (nSPS) is 12.7. The van der Waals surface area contributed by atoms with Gasteiger partial charge in [-0.15, -0.1) is 11.3 Å². The second-order valence-corrected chi connectivity index (χ2v) is 6.69. The molecule has 0 radical (unpaired) electrons. The van der Waals surface area contributed by atoms with Gasteiger partial charge in [0.05, 0.1) is 0 Å². The molecule has 0 amide bonds. The second-order valence-electron chi connectivity index (χ2n) is 3.56. The maximum absolute atomic E-state index is 6.23. The van der Waals surface area contributed by atoms with Gasteiger partial charge in [0.25, 0.3) is 0 Å². The van der Waals surface area contributed by atoms with Crippen LogP contribution >= 0.6 is 49.9 Å². The summed E-state index contributed by atoms with van der Waals surface area (Å²) in [5, 5.41) is 2.09. The van der Waals surface area contributed by atoms with Crippen LogP contribution in [0.25, 0.3) is 0 Å². The monoisotopic (exact) mass is 407 g/mol. The minimum Gasteiger partial charge on any atom is -0.324 e. The number of hydrogen-bond donors (Lipinski definition) is 1. The molecule has 1 aromatic carbocycles. The van der Waals surface area contributed by atoms with Crippen molar-refractivity contribution in [1.82, 2.24) is 0 Å². The summed E-state index contributed by atoms with van der Waals surface area (Å²) in [4.78, 5) is 1.33. The van der Waals surface area contributed by atoms with E-state index < -0.39 is 0 Å². The zero-order valence-electron chi connectivity index (χ0n) is 8.49. The van der Waals surface area contributed by atoms with Crippen LogP contribution in [0.15, 0.2) is 40.2 Å². The summed E-state index contributed by atoms with van der Waals surface area (Å²) in [6, 6.07) is 10.5. The Kier molecular flexibility index (Phi) is 4.41. The molecule has 84 valence electrons. The first-order valence-electron chi connectivity index (χ1n) is 4.89. The average Bonchev–Trinajstić information content (AvgIpc) is 2.74. The van der Waals surface area contributed by atoms with Gasteiger partial charge < -0.3 is 5.73 Å². The molecule has 16 heavy (non-hydrogen) atoms. The van der Waals surface area contributed by atoms with Crippen LogP contribution < -0.4 is 5.73 Å². The third-order valence-electron chi connectivity index (χ3n) is 2.36. The van der Waals surface area contributed by atoms with E-state index in [1.165, 1.54) is 14.0 Å². The van der Waals surface area contributed by atoms with E-state index in [4.69, 9.17) is 5.73 Å². The largest absolute Gasteiger partial charge is 0.324 e. The molecular weight excluding hydrogens is 397 g/mol. The number of halogens is 2. The Balaban J connectivity index is 2.20. The van der Waals surface area contributed by atoms with Crippen molar-refractivity contribution in [2.45, 2.75) is 12.5 Å². The van der Waals surface area contributed by atoms with E-state index in [0.29, 0.717) is 0 Å².